The lowest BCUT2D eigenvalue weighted by atomic mass is 9.94. The molecule has 182 valence electrons. The fourth-order valence-corrected chi connectivity index (χ4v) is 4.22. The van der Waals surface area contributed by atoms with Crippen LogP contribution in [0, 0.1) is 5.92 Å². The lowest BCUT2D eigenvalue weighted by Gasteiger charge is -2.37. The predicted octanol–water partition coefficient (Wildman–Crippen LogP) is 2.95. The van der Waals surface area contributed by atoms with E-state index in [0.717, 1.165) is 10.5 Å². The van der Waals surface area contributed by atoms with Crippen LogP contribution in [0.25, 0.3) is 0 Å². The summed E-state index contributed by atoms with van der Waals surface area (Å²) in [5.41, 5.74) is -0.802. The summed E-state index contributed by atoms with van der Waals surface area (Å²) < 4.78 is 16.4. The molecule has 0 aromatic heterocycles. The quantitative estimate of drug-likeness (QED) is 0.717. The largest absolute Gasteiger partial charge is 0.447 e. The highest BCUT2D eigenvalue weighted by molar-refractivity contribution is 5.95. The number of carbonyl (C=O) groups is 3. The molecular weight excluding hydrogens is 428 g/mol. The molecule has 9 heteroatoms. The van der Waals surface area contributed by atoms with Gasteiger partial charge >= 0.3 is 12.2 Å². The zero-order valence-corrected chi connectivity index (χ0v) is 20.1. The minimum atomic E-state index is -1.28. The maximum absolute atomic E-state index is 13.3. The molecule has 0 saturated carbocycles. The van der Waals surface area contributed by atoms with E-state index in [-0.39, 0.29) is 13.2 Å². The van der Waals surface area contributed by atoms with Gasteiger partial charge in [0.05, 0.1) is 30.7 Å². The monoisotopic (exact) mass is 462 g/mol. The third-order valence-electron chi connectivity index (χ3n) is 5.92. The van der Waals surface area contributed by atoms with E-state index in [1.165, 1.54) is 11.8 Å². The third kappa shape index (κ3) is 5.47. The van der Waals surface area contributed by atoms with Crippen molar-refractivity contribution in [1.29, 1.82) is 0 Å². The second kappa shape index (κ2) is 9.30. The van der Waals surface area contributed by atoms with Gasteiger partial charge in [-0.3, -0.25) is 9.69 Å². The van der Waals surface area contributed by atoms with Crippen molar-refractivity contribution in [3.8, 4) is 0 Å². The van der Waals surface area contributed by atoms with E-state index in [9.17, 15) is 19.5 Å². The van der Waals surface area contributed by atoms with E-state index < -0.39 is 53.5 Å². The zero-order chi connectivity index (χ0) is 24.6. The Morgan fingerprint density at radius 2 is 1.85 bits per heavy atom. The Labute approximate surface area is 194 Å². The van der Waals surface area contributed by atoms with Gasteiger partial charge in [0.2, 0.25) is 5.91 Å². The van der Waals surface area contributed by atoms with Crippen molar-refractivity contribution < 1.29 is 33.7 Å². The highest BCUT2D eigenvalue weighted by Crippen LogP contribution is 2.33. The number of nitrogens with zero attached hydrogens (tertiary/aromatic N) is 2. The highest BCUT2D eigenvalue weighted by atomic mass is 16.6. The molecule has 0 aliphatic carbocycles. The Morgan fingerprint density at radius 3 is 2.45 bits per heavy atom. The maximum atomic E-state index is 13.3. The Balaban J connectivity index is 1.77. The molecule has 0 radical (unpaired) electrons. The maximum Gasteiger partial charge on any atom is 0.416 e. The Bertz CT molecular complexity index is 881. The van der Waals surface area contributed by atoms with Gasteiger partial charge in [-0.1, -0.05) is 37.3 Å². The van der Waals surface area contributed by atoms with Crippen LogP contribution in [0.2, 0.25) is 0 Å². The van der Waals surface area contributed by atoms with Gasteiger partial charge < -0.3 is 19.3 Å². The number of benzene rings is 1. The van der Waals surface area contributed by atoms with Gasteiger partial charge in [0.1, 0.15) is 17.9 Å². The Hall–Kier alpha value is -2.65. The van der Waals surface area contributed by atoms with Gasteiger partial charge in [-0.05, 0) is 46.6 Å². The van der Waals surface area contributed by atoms with Gasteiger partial charge in [0, 0.05) is 0 Å². The van der Waals surface area contributed by atoms with Crippen molar-refractivity contribution in [3.05, 3.63) is 35.9 Å². The van der Waals surface area contributed by atoms with Crippen molar-refractivity contribution in [2.45, 2.75) is 77.5 Å². The summed E-state index contributed by atoms with van der Waals surface area (Å²) in [6.07, 6.45) is -2.20. The van der Waals surface area contributed by atoms with Crippen LogP contribution in [-0.4, -0.2) is 75.7 Å². The van der Waals surface area contributed by atoms with Crippen LogP contribution in [0.3, 0.4) is 0 Å². The number of hydrogen-bond acceptors (Lipinski definition) is 7. The molecule has 9 nitrogen and oxygen atoms in total. The molecule has 2 fully saturated rings. The van der Waals surface area contributed by atoms with Crippen LogP contribution in [0.1, 0.15) is 47.1 Å². The minimum absolute atomic E-state index is 0.0307. The van der Waals surface area contributed by atoms with Crippen LogP contribution >= 0.6 is 0 Å². The number of imide groups is 1. The highest BCUT2D eigenvalue weighted by Gasteiger charge is 2.51. The van der Waals surface area contributed by atoms with Gasteiger partial charge in [-0.15, -0.1) is 0 Å². The van der Waals surface area contributed by atoms with Gasteiger partial charge in [-0.25, -0.2) is 14.5 Å². The molecule has 2 heterocycles. The molecular formula is C24H34N2O7. The van der Waals surface area contributed by atoms with E-state index in [0.29, 0.717) is 6.42 Å². The fourth-order valence-electron chi connectivity index (χ4n) is 4.22. The molecule has 33 heavy (non-hydrogen) atoms. The summed E-state index contributed by atoms with van der Waals surface area (Å²) in [5.74, 6) is -1.54. The smallest absolute Gasteiger partial charge is 0.416 e. The molecule has 2 saturated heterocycles. The number of ether oxygens (including phenoxy) is 3. The van der Waals surface area contributed by atoms with E-state index in [2.05, 4.69) is 0 Å². The lowest BCUT2D eigenvalue weighted by Crippen LogP contribution is -2.56. The second-order valence-corrected chi connectivity index (χ2v) is 10.1. The van der Waals surface area contributed by atoms with E-state index in [1.54, 1.807) is 34.6 Å². The van der Waals surface area contributed by atoms with Crippen molar-refractivity contribution in [1.82, 2.24) is 9.80 Å². The number of amides is 3. The molecule has 0 bridgehead atoms. The first-order valence-electron chi connectivity index (χ1n) is 11.2. The number of hydrogen-bond donors (Lipinski definition) is 1. The van der Waals surface area contributed by atoms with E-state index >= 15 is 0 Å². The van der Waals surface area contributed by atoms with Crippen LogP contribution in [-0.2, 0) is 25.4 Å². The van der Waals surface area contributed by atoms with E-state index in [4.69, 9.17) is 14.2 Å². The third-order valence-corrected chi connectivity index (χ3v) is 5.92. The summed E-state index contributed by atoms with van der Waals surface area (Å²) in [6, 6.07) is 8.21. The van der Waals surface area contributed by atoms with Gasteiger partial charge in [0.15, 0.2) is 0 Å². The van der Waals surface area contributed by atoms with Crippen LogP contribution in [0.4, 0.5) is 9.59 Å². The number of aliphatic hydroxyl groups excluding tert-OH is 1. The Kier molecular flexibility index (Phi) is 7.04. The number of rotatable bonds is 5. The van der Waals surface area contributed by atoms with Gasteiger partial charge in [-0.2, -0.15) is 0 Å². The lowest BCUT2D eigenvalue weighted by molar-refractivity contribution is -0.138. The molecule has 2 aliphatic heterocycles. The summed E-state index contributed by atoms with van der Waals surface area (Å²) in [5, 5.41) is 11.1. The fraction of sp³-hybridized carbons (Fsp3) is 0.625. The van der Waals surface area contributed by atoms with Crippen molar-refractivity contribution in [2.75, 3.05) is 13.2 Å². The molecule has 0 unspecified atom stereocenters. The molecule has 1 aromatic carbocycles. The van der Waals surface area contributed by atoms with Crippen LogP contribution in [0.5, 0.6) is 0 Å². The predicted molar refractivity (Wildman–Crippen MR) is 119 cm³/mol. The SMILES string of the molecule is C[C@@H](C(=O)N1C(=O)OC[C@@H]1Cc1ccccc1)[C@H](O)[C@H]1COC(C)(C)N1C(=O)OC(C)(C)C. The molecule has 3 rings (SSSR count). The summed E-state index contributed by atoms with van der Waals surface area (Å²) in [4.78, 5) is 41.0. The first-order valence-corrected chi connectivity index (χ1v) is 11.2. The molecule has 1 aromatic rings. The summed E-state index contributed by atoms with van der Waals surface area (Å²) in [7, 11) is 0. The zero-order valence-electron chi connectivity index (χ0n) is 20.1. The average molecular weight is 463 g/mol. The van der Waals surface area contributed by atoms with Crippen LogP contribution < -0.4 is 0 Å². The minimum Gasteiger partial charge on any atom is -0.447 e. The number of aliphatic hydroxyl groups is 1. The standard InChI is InChI=1S/C24H34N2O7/c1-15(19(27)18-14-32-24(5,6)26(18)22(30)33-23(2,3)4)20(28)25-17(13-31-21(25)29)12-16-10-8-7-9-11-16/h7-11,15,17-19,27H,12-14H2,1-6H3/t15-,17+,18-,19+/m1/s1. The topological polar surface area (TPSA) is 106 Å². The molecule has 4 atom stereocenters. The Morgan fingerprint density at radius 1 is 1.21 bits per heavy atom. The van der Waals surface area contributed by atoms with Crippen molar-refractivity contribution >= 4 is 18.1 Å². The van der Waals surface area contributed by atoms with Gasteiger partial charge in [0.25, 0.3) is 0 Å². The molecule has 0 spiro atoms. The number of carbonyl (C=O) groups excluding carboxylic acids is 3. The van der Waals surface area contributed by atoms with Crippen molar-refractivity contribution in [3.63, 3.8) is 0 Å². The average Bonchev–Trinajstić information content (AvgIpc) is 3.24. The first kappa shape index (κ1) is 25.0. The molecule has 1 N–H and O–H groups in total. The number of cyclic esters (lactones) is 1. The first-order chi connectivity index (χ1) is 15.3. The van der Waals surface area contributed by atoms with Crippen LogP contribution in [0.15, 0.2) is 30.3 Å². The molecule has 3 amide bonds. The summed E-state index contributed by atoms with van der Waals surface area (Å²) >= 11 is 0. The van der Waals surface area contributed by atoms with Crippen molar-refractivity contribution in [2.24, 2.45) is 5.92 Å². The second-order valence-electron chi connectivity index (χ2n) is 10.1. The van der Waals surface area contributed by atoms with E-state index in [1.807, 2.05) is 30.3 Å². The normalized spacial score (nSPS) is 24.4. The molecule has 2 aliphatic rings. The summed E-state index contributed by atoms with van der Waals surface area (Å²) in [6.45, 7) is 10.3.